The molecular weight excluding hydrogens is 662 g/mol. The van der Waals surface area contributed by atoms with Crippen LogP contribution in [0.3, 0.4) is 0 Å². The van der Waals surface area contributed by atoms with Crippen molar-refractivity contribution in [2.24, 2.45) is 0 Å². The van der Waals surface area contributed by atoms with Crippen LogP contribution in [-0.4, -0.2) is 19.5 Å². The molecule has 0 fully saturated rings. The molecule has 0 saturated heterocycles. The van der Waals surface area contributed by atoms with E-state index in [2.05, 4.69) is 0 Å². The average Bonchev–Trinajstić information content (AvgIpc) is 3.48. The van der Waals surface area contributed by atoms with Crippen molar-refractivity contribution in [2.75, 3.05) is 0 Å². The zero-order chi connectivity index (χ0) is 35.3. The Morgan fingerprint density at radius 2 is 0.980 bits per heavy atom. The van der Waals surface area contributed by atoms with Gasteiger partial charge in [0.05, 0.1) is 22.2 Å². The smallest absolute Gasteiger partial charge is 0.309 e. The first-order valence-electron chi connectivity index (χ1n) is 15.8. The molecule has 0 aliphatic carbocycles. The summed E-state index contributed by atoms with van der Waals surface area (Å²) < 4.78 is 87.1. The van der Waals surface area contributed by atoms with Crippen molar-refractivity contribution in [3.63, 3.8) is 0 Å². The third-order valence-electron chi connectivity index (χ3n) is 8.73. The van der Waals surface area contributed by atoms with Gasteiger partial charge in [-0.1, -0.05) is 109 Å². The van der Waals surface area contributed by atoms with Crippen molar-refractivity contribution in [1.29, 1.82) is 0 Å². The van der Waals surface area contributed by atoms with Gasteiger partial charge in [0, 0.05) is 33.2 Å². The number of aromatic nitrogens is 4. The molecule has 2 aromatic heterocycles. The molecule has 0 N–H and O–H groups in total. The zero-order valence-corrected chi connectivity index (χ0v) is 26.4. The molecular formula is C41H24F6N4. The van der Waals surface area contributed by atoms with E-state index in [0.717, 1.165) is 18.2 Å². The molecule has 0 amide bonds. The first kappa shape index (κ1) is 31.9. The Bertz CT molecular complexity index is 2500. The minimum atomic E-state index is -4.68. The highest BCUT2D eigenvalue weighted by atomic mass is 19.4. The second-order valence-electron chi connectivity index (χ2n) is 11.9. The van der Waals surface area contributed by atoms with E-state index in [-0.39, 0.29) is 28.0 Å². The largest absolute Gasteiger partial charge is 0.417 e. The molecule has 0 unspecified atom stereocenters. The Labute approximate surface area is 287 Å². The minimum absolute atomic E-state index is 0.0910. The van der Waals surface area contributed by atoms with Gasteiger partial charge < -0.3 is 4.57 Å². The molecule has 250 valence electrons. The van der Waals surface area contributed by atoms with Crippen LogP contribution in [-0.2, 0) is 12.4 Å². The van der Waals surface area contributed by atoms with Crippen LogP contribution in [0.5, 0.6) is 0 Å². The highest BCUT2D eigenvalue weighted by molar-refractivity contribution is 6.09. The van der Waals surface area contributed by atoms with Crippen LogP contribution < -0.4 is 0 Å². The lowest BCUT2D eigenvalue weighted by Crippen LogP contribution is -2.08. The molecule has 0 radical (unpaired) electrons. The summed E-state index contributed by atoms with van der Waals surface area (Å²) in [5.74, 6) is 0.687. The van der Waals surface area contributed by atoms with E-state index in [4.69, 9.17) is 15.0 Å². The van der Waals surface area contributed by atoms with Crippen LogP contribution in [0.2, 0.25) is 0 Å². The molecule has 10 heteroatoms. The van der Waals surface area contributed by atoms with Gasteiger partial charge in [-0.3, -0.25) is 0 Å². The summed E-state index contributed by atoms with van der Waals surface area (Å²) in [7, 11) is 0. The third-order valence-corrected chi connectivity index (χ3v) is 8.73. The van der Waals surface area contributed by atoms with Crippen molar-refractivity contribution >= 4 is 21.8 Å². The van der Waals surface area contributed by atoms with Crippen molar-refractivity contribution in [1.82, 2.24) is 19.5 Å². The maximum atomic E-state index is 14.5. The maximum absolute atomic E-state index is 14.5. The predicted octanol–water partition coefficient (Wildman–Crippen LogP) is 11.7. The summed E-state index contributed by atoms with van der Waals surface area (Å²) in [4.78, 5) is 14.4. The predicted molar refractivity (Wildman–Crippen MR) is 186 cm³/mol. The first-order chi connectivity index (χ1) is 24.6. The molecule has 0 spiro atoms. The van der Waals surface area contributed by atoms with Crippen LogP contribution in [0.25, 0.3) is 72.8 Å². The molecule has 0 saturated carbocycles. The Hall–Kier alpha value is -6.29. The SMILES string of the molecule is FC(F)(F)c1ccc2c3ccccc3n(-c3ccc(-c4ccccc4C(F)(F)F)c(-c4nc(-c5ccccc5)nc(-c5ccccc5)n4)c3)c2c1. The summed E-state index contributed by atoms with van der Waals surface area (Å²) >= 11 is 0. The quantitative estimate of drug-likeness (QED) is 0.169. The second kappa shape index (κ2) is 12.2. The summed E-state index contributed by atoms with van der Waals surface area (Å²) in [5.41, 5.74) is 1.27. The molecule has 6 aromatic carbocycles. The molecule has 8 aromatic rings. The molecule has 2 heterocycles. The fourth-order valence-corrected chi connectivity index (χ4v) is 6.41. The van der Waals surface area contributed by atoms with Crippen molar-refractivity contribution < 1.29 is 26.3 Å². The van der Waals surface area contributed by atoms with Crippen LogP contribution in [0.1, 0.15) is 11.1 Å². The Morgan fingerprint density at radius 1 is 0.412 bits per heavy atom. The Kier molecular flexibility index (Phi) is 7.67. The monoisotopic (exact) mass is 686 g/mol. The highest BCUT2D eigenvalue weighted by Gasteiger charge is 2.35. The summed E-state index contributed by atoms with van der Waals surface area (Å²) in [5, 5.41) is 1.30. The van der Waals surface area contributed by atoms with Crippen LogP contribution in [0.15, 0.2) is 146 Å². The number of nitrogens with zero attached hydrogens (tertiary/aromatic N) is 4. The van der Waals surface area contributed by atoms with Crippen molar-refractivity contribution in [3.8, 4) is 51.0 Å². The standard InChI is InChI=1S/C41H24F6N4/c42-40(43,44)27-19-21-32-31-16-8-10-18-35(31)51(36(32)23-27)28-20-22-29(30-15-7-9-17-34(30)41(45,46)47)33(24-28)39-49-37(25-11-3-1-4-12-25)48-38(50-39)26-13-5-2-6-14-26/h1-24H. The third kappa shape index (κ3) is 5.88. The van der Waals surface area contributed by atoms with E-state index >= 15 is 0 Å². The Morgan fingerprint density at radius 3 is 1.63 bits per heavy atom. The molecule has 0 atom stereocenters. The highest BCUT2D eigenvalue weighted by Crippen LogP contribution is 2.43. The van der Waals surface area contributed by atoms with Crippen molar-refractivity contribution in [3.05, 3.63) is 157 Å². The van der Waals surface area contributed by atoms with Gasteiger partial charge in [0.2, 0.25) is 0 Å². The molecule has 4 nitrogen and oxygen atoms in total. The first-order valence-corrected chi connectivity index (χ1v) is 15.8. The van der Waals surface area contributed by atoms with Gasteiger partial charge in [0.25, 0.3) is 0 Å². The summed E-state index contributed by atoms with van der Waals surface area (Å²) in [6.07, 6.45) is -9.28. The minimum Gasteiger partial charge on any atom is -0.309 e. The molecule has 51 heavy (non-hydrogen) atoms. The molecule has 0 bridgehead atoms. The summed E-state index contributed by atoms with van der Waals surface area (Å²) in [6, 6.07) is 39.0. The lowest BCUT2D eigenvalue weighted by atomic mass is 9.94. The number of hydrogen-bond acceptors (Lipinski definition) is 3. The van der Waals surface area contributed by atoms with Crippen molar-refractivity contribution in [2.45, 2.75) is 12.4 Å². The Balaban J connectivity index is 1.46. The van der Waals surface area contributed by atoms with Crippen LogP contribution in [0.4, 0.5) is 26.3 Å². The molecule has 0 aliphatic rings. The van der Waals surface area contributed by atoms with E-state index in [0.29, 0.717) is 44.8 Å². The number of alkyl halides is 6. The van der Waals surface area contributed by atoms with E-state index < -0.39 is 23.5 Å². The number of rotatable bonds is 5. The number of fused-ring (bicyclic) bond motifs is 3. The molecule has 0 aliphatic heterocycles. The number of halogens is 6. The lowest BCUT2D eigenvalue weighted by molar-refractivity contribution is -0.138. The van der Waals surface area contributed by atoms with Gasteiger partial charge in [-0.15, -0.1) is 0 Å². The number of hydrogen-bond donors (Lipinski definition) is 0. The summed E-state index contributed by atoms with van der Waals surface area (Å²) in [6.45, 7) is 0. The van der Waals surface area contributed by atoms with Crippen LogP contribution in [0, 0.1) is 0 Å². The van der Waals surface area contributed by atoms with E-state index in [1.54, 1.807) is 34.9 Å². The number of benzene rings is 6. The fourth-order valence-electron chi connectivity index (χ4n) is 6.41. The van der Waals surface area contributed by atoms with Gasteiger partial charge in [0.15, 0.2) is 17.5 Å². The lowest BCUT2D eigenvalue weighted by Gasteiger charge is -2.18. The van der Waals surface area contributed by atoms with E-state index in [9.17, 15) is 26.3 Å². The topological polar surface area (TPSA) is 43.6 Å². The van der Waals surface area contributed by atoms with Gasteiger partial charge >= 0.3 is 12.4 Å². The molecule has 8 rings (SSSR count). The van der Waals surface area contributed by atoms with Gasteiger partial charge in [-0.05, 0) is 47.5 Å². The number of para-hydroxylation sites is 1. The van der Waals surface area contributed by atoms with Gasteiger partial charge in [-0.25, -0.2) is 15.0 Å². The van der Waals surface area contributed by atoms with Gasteiger partial charge in [0.1, 0.15) is 0 Å². The van der Waals surface area contributed by atoms with E-state index in [1.807, 2.05) is 66.7 Å². The van der Waals surface area contributed by atoms with Crippen LogP contribution >= 0.6 is 0 Å². The fraction of sp³-hybridized carbons (Fsp3) is 0.0488. The zero-order valence-electron chi connectivity index (χ0n) is 26.4. The van der Waals surface area contributed by atoms with Gasteiger partial charge in [-0.2, -0.15) is 26.3 Å². The average molecular weight is 687 g/mol. The maximum Gasteiger partial charge on any atom is 0.417 e. The second-order valence-corrected chi connectivity index (χ2v) is 11.9. The normalized spacial score (nSPS) is 12.1. The van der Waals surface area contributed by atoms with E-state index in [1.165, 1.54) is 30.3 Å².